The Morgan fingerprint density at radius 2 is 2.05 bits per heavy atom. The number of methoxy groups -OCH3 is 1. The number of rotatable bonds is 4. The molecule has 1 heterocycles. The summed E-state index contributed by atoms with van der Waals surface area (Å²) < 4.78 is 11.9. The third kappa shape index (κ3) is 3.24. The number of nitrogens with two attached hydrogens (primary N) is 1. The number of ether oxygens (including phenoxy) is 2. The Labute approximate surface area is 120 Å². The van der Waals surface area contributed by atoms with Gasteiger partial charge in [-0.05, 0) is 41.1 Å². The Bertz CT molecular complexity index is 588. The lowest BCUT2D eigenvalue weighted by molar-refractivity contribution is 0.412. The molecule has 0 spiro atoms. The molecule has 1 aromatic heterocycles. The number of benzene rings is 1. The van der Waals surface area contributed by atoms with Crippen LogP contribution in [0.3, 0.4) is 0 Å². The topological polar surface area (TPSA) is 57.4 Å². The van der Waals surface area contributed by atoms with Gasteiger partial charge in [-0.25, -0.2) is 0 Å². The molecular formula is C14H15BrN2O2. The lowest BCUT2D eigenvalue weighted by Crippen LogP contribution is -2.01. The van der Waals surface area contributed by atoms with Crippen molar-refractivity contribution in [2.45, 2.75) is 13.5 Å². The van der Waals surface area contributed by atoms with E-state index in [1.807, 2.05) is 31.2 Å². The zero-order valence-electron chi connectivity index (χ0n) is 10.8. The quantitative estimate of drug-likeness (QED) is 0.937. The molecule has 0 aliphatic carbocycles. The van der Waals surface area contributed by atoms with Crippen molar-refractivity contribution in [2.75, 3.05) is 7.11 Å². The fourth-order valence-corrected chi connectivity index (χ4v) is 2.06. The highest BCUT2D eigenvalue weighted by atomic mass is 79.9. The Hall–Kier alpha value is -1.59. The summed E-state index contributed by atoms with van der Waals surface area (Å²) in [6, 6.07) is 7.42. The van der Waals surface area contributed by atoms with Crippen LogP contribution in [0.25, 0.3) is 0 Å². The van der Waals surface area contributed by atoms with Gasteiger partial charge in [-0.2, -0.15) is 0 Å². The standard InChI is InChI=1S/C14H15BrN2O2/c1-9-5-14(10(7-16)8-17-9)19-13-4-3-11(18-2)6-12(13)15/h3-6,8H,7,16H2,1-2H3. The highest BCUT2D eigenvalue weighted by Gasteiger charge is 2.08. The first-order valence-corrected chi connectivity index (χ1v) is 6.60. The Balaban J connectivity index is 2.33. The van der Waals surface area contributed by atoms with Crippen molar-refractivity contribution in [3.8, 4) is 17.2 Å². The van der Waals surface area contributed by atoms with Crippen LogP contribution in [0.15, 0.2) is 34.9 Å². The van der Waals surface area contributed by atoms with Gasteiger partial charge in [-0.1, -0.05) is 0 Å². The van der Waals surface area contributed by atoms with E-state index in [4.69, 9.17) is 15.2 Å². The first-order valence-electron chi connectivity index (χ1n) is 5.81. The Kier molecular flexibility index (Phi) is 4.39. The number of hydrogen-bond acceptors (Lipinski definition) is 4. The molecule has 0 atom stereocenters. The Morgan fingerprint density at radius 3 is 2.68 bits per heavy atom. The number of halogens is 1. The third-order valence-corrected chi connectivity index (χ3v) is 3.28. The van der Waals surface area contributed by atoms with E-state index in [0.717, 1.165) is 27.2 Å². The molecule has 0 amide bonds. The van der Waals surface area contributed by atoms with Crippen molar-refractivity contribution in [2.24, 2.45) is 5.73 Å². The monoisotopic (exact) mass is 322 g/mol. The summed E-state index contributed by atoms with van der Waals surface area (Å²) in [4.78, 5) is 4.21. The van der Waals surface area contributed by atoms with Crippen molar-refractivity contribution in [3.05, 3.63) is 46.2 Å². The van der Waals surface area contributed by atoms with Gasteiger partial charge in [0.25, 0.3) is 0 Å². The molecular weight excluding hydrogens is 308 g/mol. The van der Waals surface area contributed by atoms with E-state index in [9.17, 15) is 0 Å². The predicted molar refractivity (Wildman–Crippen MR) is 77.6 cm³/mol. The van der Waals surface area contributed by atoms with Crippen LogP contribution in [0.5, 0.6) is 17.2 Å². The van der Waals surface area contributed by atoms with Gasteiger partial charge >= 0.3 is 0 Å². The van der Waals surface area contributed by atoms with E-state index in [0.29, 0.717) is 12.3 Å². The molecule has 0 unspecified atom stereocenters. The summed E-state index contributed by atoms with van der Waals surface area (Å²) in [5.41, 5.74) is 7.44. The predicted octanol–water partition coefficient (Wildman–Crippen LogP) is 3.41. The maximum absolute atomic E-state index is 5.89. The van der Waals surface area contributed by atoms with Crippen molar-refractivity contribution < 1.29 is 9.47 Å². The molecule has 2 aromatic rings. The zero-order chi connectivity index (χ0) is 13.8. The van der Waals surface area contributed by atoms with Gasteiger partial charge < -0.3 is 15.2 Å². The first kappa shape index (κ1) is 13.8. The van der Waals surface area contributed by atoms with Gasteiger partial charge in [-0.15, -0.1) is 0 Å². The van der Waals surface area contributed by atoms with Gasteiger partial charge in [-0.3, -0.25) is 4.98 Å². The Morgan fingerprint density at radius 1 is 1.26 bits per heavy atom. The van der Waals surface area contributed by atoms with Gasteiger partial charge in [0, 0.05) is 30.1 Å². The second kappa shape index (κ2) is 6.04. The minimum absolute atomic E-state index is 0.385. The van der Waals surface area contributed by atoms with E-state index in [-0.39, 0.29) is 0 Å². The molecule has 5 heteroatoms. The summed E-state index contributed by atoms with van der Waals surface area (Å²) in [6.07, 6.45) is 1.74. The van der Waals surface area contributed by atoms with Crippen molar-refractivity contribution in [3.63, 3.8) is 0 Å². The smallest absolute Gasteiger partial charge is 0.141 e. The number of aryl methyl sites for hydroxylation is 1. The molecule has 0 fully saturated rings. The molecule has 2 N–H and O–H groups in total. The molecule has 0 bridgehead atoms. The van der Waals surface area contributed by atoms with Crippen molar-refractivity contribution in [1.29, 1.82) is 0 Å². The molecule has 1 aromatic carbocycles. The normalized spacial score (nSPS) is 10.3. The highest BCUT2D eigenvalue weighted by Crippen LogP contribution is 2.34. The summed E-state index contributed by atoms with van der Waals surface area (Å²) in [5.74, 6) is 2.20. The number of hydrogen-bond donors (Lipinski definition) is 1. The minimum Gasteiger partial charge on any atom is -0.497 e. The number of nitrogens with zero attached hydrogens (tertiary/aromatic N) is 1. The minimum atomic E-state index is 0.385. The number of aromatic nitrogens is 1. The van der Waals surface area contributed by atoms with Crippen LogP contribution in [0.2, 0.25) is 0 Å². The molecule has 19 heavy (non-hydrogen) atoms. The van der Waals surface area contributed by atoms with Crippen molar-refractivity contribution >= 4 is 15.9 Å². The van der Waals surface area contributed by atoms with E-state index in [1.165, 1.54) is 0 Å². The zero-order valence-corrected chi connectivity index (χ0v) is 12.4. The second-order valence-corrected chi connectivity index (χ2v) is 4.89. The lowest BCUT2D eigenvalue weighted by Gasteiger charge is -2.12. The van der Waals surface area contributed by atoms with Gasteiger partial charge in [0.1, 0.15) is 17.2 Å². The molecule has 4 nitrogen and oxygen atoms in total. The van der Waals surface area contributed by atoms with E-state index in [1.54, 1.807) is 13.3 Å². The lowest BCUT2D eigenvalue weighted by atomic mass is 10.2. The van der Waals surface area contributed by atoms with Gasteiger partial charge in [0.2, 0.25) is 0 Å². The SMILES string of the molecule is COc1ccc(Oc2cc(C)ncc2CN)c(Br)c1. The van der Waals surface area contributed by atoms with Crippen LogP contribution in [0.4, 0.5) is 0 Å². The van der Waals surface area contributed by atoms with Crippen LogP contribution >= 0.6 is 15.9 Å². The molecule has 0 aliphatic heterocycles. The average molecular weight is 323 g/mol. The summed E-state index contributed by atoms with van der Waals surface area (Å²) in [6.45, 7) is 2.30. The maximum Gasteiger partial charge on any atom is 0.141 e. The fraction of sp³-hybridized carbons (Fsp3) is 0.214. The molecule has 0 saturated carbocycles. The fourth-order valence-electron chi connectivity index (χ4n) is 1.62. The summed E-state index contributed by atoms with van der Waals surface area (Å²) >= 11 is 3.46. The van der Waals surface area contributed by atoms with Crippen LogP contribution in [-0.4, -0.2) is 12.1 Å². The number of pyridine rings is 1. The van der Waals surface area contributed by atoms with Crippen molar-refractivity contribution in [1.82, 2.24) is 4.98 Å². The van der Waals surface area contributed by atoms with E-state index >= 15 is 0 Å². The van der Waals surface area contributed by atoms with Crippen LogP contribution in [0, 0.1) is 6.92 Å². The average Bonchev–Trinajstić information content (AvgIpc) is 2.41. The molecule has 2 rings (SSSR count). The third-order valence-electron chi connectivity index (χ3n) is 2.66. The van der Waals surface area contributed by atoms with Gasteiger partial charge in [0.15, 0.2) is 0 Å². The maximum atomic E-state index is 5.89. The largest absolute Gasteiger partial charge is 0.497 e. The van der Waals surface area contributed by atoms with E-state index in [2.05, 4.69) is 20.9 Å². The summed E-state index contributed by atoms with van der Waals surface area (Å²) in [7, 11) is 1.63. The molecule has 0 aliphatic rings. The second-order valence-electron chi connectivity index (χ2n) is 4.04. The highest BCUT2D eigenvalue weighted by molar-refractivity contribution is 9.10. The molecule has 0 saturated heterocycles. The van der Waals surface area contributed by atoms with Crippen LogP contribution in [0.1, 0.15) is 11.3 Å². The van der Waals surface area contributed by atoms with Gasteiger partial charge in [0.05, 0.1) is 11.6 Å². The summed E-state index contributed by atoms with van der Waals surface area (Å²) in [5, 5.41) is 0. The van der Waals surface area contributed by atoms with E-state index < -0.39 is 0 Å². The molecule has 0 radical (unpaired) electrons. The van der Waals surface area contributed by atoms with Crippen LogP contribution < -0.4 is 15.2 Å². The first-order chi connectivity index (χ1) is 9.13. The van der Waals surface area contributed by atoms with Crippen LogP contribution in [-0.2, 0) is 6.54 Å². The molecule has 100 valence electrons.